The number of hydrogen-bond acceptors (Lipinski definition) is 10. The Morgan fingerprint density at radius 1 is 0.676 bits per heavy atom. The van der Waals surface area contributed by atoms with Gasteiger partial charge >= 0.3 is 11.9 Å². The number of hydrogen-bond donors (Lipinski definition) is 2. The Kier molecular flexibility index (Phi) is 5.63. The van der Waals surface area contributed by atoms with Crippen molar-refractivity contribution in [1.29, 1.82) is 0 Å². The SMILES string of the molecule is COC(=O)C(CO)N1C(=O)c2ccc3c4c(ccc(c24)C1=O)C(=O)N(C(CO)C(=O)OC)C3=O. The number of esters is 2. The second kappa shape index (κ2) is 8.32. The minimum absolute atomic E-state index is 0.0303. The summed E-state index contributed by atoms with van der Waals surface area (Å²) in [6, 6.07) is 1.80. The first-order chi connectivity index (χ1) is 16.2. The van der Waals surface area contributed by atoms with Gasteiger partial charge in [-0.1, -0.05) is 0 Å². The lowest BCUT2D eigenvalue weighted by Gasteiger charge is -2.35. The average Bonchev–Trinajstić information content (AvgIpc) is 2.85. The molecule has 0 fully saturated rings. The van der Waals surface area contributed by atoms with Crippen LogP contribution in [0.5, 0.6) is 0 Å². The normalized spacial score (nSPS) is 16.6. The lowest BCUT2D eigenvalue weighted by molar-refractivity contribution is -0.147. The number of carbonyl (C=O) groups excluding carboxylic acids is 6. The van der Waals surface area contributed by atoms with Gasteiger partial charge in [-0.05, 0) is 24.3 Å². The zero-order chi connectivity index (χ0) is 24.9. The van der Waals surface area contributed by atoms with Gasteiger partial charge in [-0.15, -0.1) is 0 Å². The van der Waals surface area contributed by atoms with Crippen LogP contribution >= 0.6 is 0 Å². The number of imide groups is 2. The summed E-state index contributed by atoms with van der Waals surface area (Å²) < 4.78 is 9.16. The monoisotopic (exact) mass is 470 g/mol. The third-order valence-corrected chi connectivity index (χ3v) is 5.87. The molecular formula is C22H18N2O10. The van der Waals surface area contributed by atoms with Gasteiger partial charge in [-0.3, -0.25) is 29.0 Å². The standard InChI is InChI=1S/C22H18N2O10/c1-33-21(31)13(7-25)23-17(27)9-3-5-11-16-12(6-4-10(15(9)16)18(23)28)20(30)24(19(11)29)14(8-26)22(32)34-2/h3-6,13-14,25-26H,7-8H2,1-2H3. The van der Waals surface area contributed by atoms with E-state index in [2.05, 4.69) is 9.47 Å². The van der Waals surface area contributed by atoms with E-state index in [4.69, 9.17) is 0 Å². The molecule has 2 aromatic rings. The van der Waals surface area contributed by atoms with Gasteiger partial charge in [0.1, 0.15) is 0 Å². The summed E-state index contributed by atoms with van der Waals surface area (Å²) in [5, 5.41) is 19.3. The number of aliphatic hydroxyl groups is 2. The molecule has 12 heteroatoms. The summed E-state index contributed by atoms with van der Waals surface area (Å²) in [6.45, 7) is -1.75. The van der Waals surface area contributed by atoms with E-state index in [0.29, 0.717) is 9.80 Å². The van der Waals surface area contributed by atoms with Crippen LogP contribution in [0.15, 0.2) is 24.3 Å². The highest BCUT2D eigenvalue weighted by atomic mass is 16.5. The Morgan fingerprint density at radius 2 is 0.941 bits per heavy atom. The van der Waals surface area contributed by atoms with Crippen molar-refractivity contribution < 1.29 is 48.5 Å². The van der Waals surface area contributed by atoms with Crippen LogP contribution in [-0.4, -0.2) is 95.1 Å². The third-order valence-electron chi connectivity index (χ3n) is 5.87. The Labute approximate surface area is 191 Å². The molecule has 12 nitrogen and oxygen atoms in total. The molecule has 2 unspecified atom stereocenters. The fourth-order valence-electron chi connectivity index (χ4n) is 4.27. The van der Waals surface area contributed by atoms with Crippen molar-refractivity contribution in [2.24, 2.45) is 0 Å². The van der Waals surface area contributed by atoms with Crippen LogP contribution in [0, 0.1) is 0 Å². The predicted octanol–water partition coefficient (Wildman–Crippen LogP) is -0.900. The van der Waals surface area contributed by atoms with Crippen LogP contribution < -0.4 is 0 Å². The quantitative estimate of drug-likeness (QED) is 0.399. The molecule has 176 valence electrons. The van der Waals surface area contributed by atoms with Gasteiger partial charge in [-0.2, -0.15) is 0 Å². The van der Waals surface area contributed by atoms with Crippen molar-refractivity contribution in [3.63, 3.8) is 0 Å². The fourth-order valence-corrected chi connectivity index (χ4v) is 4.27. The molecule has 4 amide bonds. The van der Waals surface area contributed by atoms with E-state index in [9.17, 15) is 39.0 Å². The maximum atomic E-state index is 13.2. The number of ether oxygens (including phenoxy) is 2. The highest BCUT2D eigenvalue weighted by molar-refractivity contribution is 6.34. The maximum absolute atomic E-state index is 13.2. The van der Waals surface area contributed by atoms with Crippen molar-refractivity contribution >= 4 is 46.3 Å². The Balaban J connectivity index is 1.93. The Morgan fingerprint density at radius 3 is 1.15 bits per heavy atom. The van der Waals surface area contributed by atoms with Crippen LogP contribution in [0.25, 0.3) is 10.8 Å². The van der Waals surface area contributed by atoms with Gasteiger partial charge in [0.15, 0.2) is 12.1 Å². The molecular weight excluding hydrogens is 452 g/mol. The first kappa shape index (κ1) is 23.0. The summed E-state index contributed by atoms with van der Waals surface area (Å²) in [4.78, 5) is 78.0. The van der Waals surface area contributed by atoms with Crippen molar-refractivity contribution in [2.45, 2.75) is 12.1 Å². The number of methoxy groups -OCH3 is 2. The summed E-state index contributed by atoms with van der Waals surface area (Å²) in [6.07, 6.45) is 0. The number of amides is 4. The molecule has 2 aromatic carbocycles. The third kappa shape index (κ3) is 2.99. The molecule has 0 aliphatic carbocycles. The molecule has 0 saturated heterocycles. The molecule has 2 N–H and O–H groups in total. The number of benzene rings is 2. The van der Waals surface area contributed by atoms with Crippen LogP contribution in [0.3, 0.4) is 0 Å². The van der Waals surface area contributed by atoms with Gasteiger partial charge < -0.3 is 19.7 Å². The van der Waals surface area contributed by atoms with Crippen LogP contribution in [-0.2, 0) is 19.1 Å². The van der Waals surface area contributed by atoms with Crippen molar-refractivity contribution in [1.82, 2.24) is 9.80 Å². The largest absolute Gasteiger partial charge is 0.467 e. The van der Waals surface area contributed by atoms with E-state index < -0.39 is 60.9 Å². The zero-order valence-corrected chi connectivity index (χ0v) is 17.9. The van der Waals surface area contributed by atoms with Gasteiger partial charge in [0.2, 0.25) is 0 Å². The highest BCUT2D eigenvalue weighted by Gasteiger charge is 2.45. The van der Waals surface area contributed by atoms with E-state index in [-0.39, 0.29) is 33.0 Å². The highest BCUT2D eigenvalue weighted by Crippen LogP contribution is 2.38. The van der Waals surface area contributed by atoms with Crippen LogP contribution in [0.2, 0.25) is 0 Å². The predicted molar refractivity (Wildman–Crippen MR) is 111 cm³/mol. The lowest BCUT2D eigenvalue weighted by Crippen LogP contribution is -2.54. The average molecular weight is 470 g/mol. The zero-order valence-electron chi connectivity index (χ0n) is 17.9. The Bertz CT molecular complexity index is 1130. The van der Waals surface area contributed by atoms with Crippen LogP contribution in [0.1, 0.15) is 41.4 Å². The molecule has 0 aromatic heterocycles. The second-order valence-corrected chi connectivity index (χ2v) is 7.48. The molecule has 2 heterocycles. The Hall–Kier alpha value is -4.16. The molecule has 0 bridgehead atoms. The molecule has 2 aliphatic heterocycles. The minimum Gasteiger partial charge on any atom is -0.467 e. The van der Waals surface area contributed by atoms with Crippen molar-refractivity contribution in [3.05, 3.63) is 46.5 Å². The summed E-state index contributed by atoms with van der Waals surface area (Å²) in [5.74, 6) is -5.69. The molecule has 0 saturated carbocycles. The first-order valence-corrected chi connectivity index (χ1v) is 9.96. The summed E-state index contributed by atoms with van der Waals surface area (Å²) in [7, 11) is 2.08. The topological polar surface area (TPSA) is 168 Å². The number of aliphatic hydroxyl groups excluding tert-OH is 2. The van der Waals surface area contributed by atoms with E-state index in [1.807, 2.05) is 0 Å². The smallest absolute Gasteiger partial charge is 0.331 e. The first-order valence-electron chi connectivity index (χ1n) is 9.96. The number of carbonyl (C=O) groups is 6. The minimum atomic E-state index is -1.59. The molecule has 0 spiro atoms. The van der Waals surface area contributed by atoms with Crippen LogP contribution in [0.4, 0.5) is 0 Å². The van der Waals surface area contributed by atoms with E-state index in [1.165, 1.54) is 24.3 Å². The molecule has 2 atom stereocenters. The maximum Gasteiger partial charge on any atom is 0.331 e. The molecule has 4 rings (SSSR count). The number of nitrogens with zero attached hydrogens (tertiary/aromatic N) is 2. The van der Waals surface area contributed by atoms with Gasteiger partial charge in [-0.25, -0.2) is 9.59 Å². The number of rotatable bonds is 6. The molecule has 34 heavy (non-hydrogen) atoms. The van der Waals surface area contributed by atoms with Gasteiger partial charge in [0.25, 0.3) is 23.6 Å². The van der Waals surface area contributed by atoms with E-state index >= 15 is 0 Å². The van der Waals surface area contributed by atoms with E-state index in [0.717, 1.165) is 14.2 Å². The van der Waals surface area contributed by atoms with E-state index in [1.54, 1.807) is 0 Å². The molecule has 0 radical (unpaired) electrons. The van der Waals surface area contributed by atoms with Crippen molar-refractivity contribution in [3.8, 4) is 0 Å². The lowest BCUT2D eigenvalue weighted by atomic mass is 9.85. The van der Waals surface area contributed by atoms with Crippen molar-refractivity contribution in [2.75, 3.05) is 27.4 Å². The van der Waals surface area contributed by atoms with Gasteiger partial charge in [0, 0.05) is 33.0 Å². The molecule has 2 aliphatic rings. The summed E-state index contributed by atoms with van der Waals surface area (Å²) in [5.41, 5.74) is -0.284. The second-order valence-electron chi connectivity index (χ2n) is 7.48. The summed E-state index contributed by atoms with van der Waals surface area (Å²) >= 11 is 0. The fraction of sp³-hybridized carbons (Fsp3) is 0.273. The van der Waals surface area contributed by atoms with Gasteiger partial charge in [0.05, 0.1) is 27.4 Å².